The van der Waals surface area contributed by atoms with E-state index >= 15 is 0 Å². The lowest BCUT2D eigenvalue weighted by Crippen LogP contribution is -2.36. The third-order valence-corrected chi connectivity index (χ3v) is 3.90. The maximum absolute atomic E-state index is 5.37. The minimum absolute atomic E-state index is 0.864. The topological polar surface area (TPSA) is 33.3 Å². The first-order valence-corrected chi connectivity index (χ1v) is 6.94. The molecule has 2 rings (SSSR count). The van der Waals surface area contributed by atoms with E-state index in [1.165, 1.54) is 58.3 Å². The van der Waals surface area contributed by atoms with Crippen LogP contribution < -0.4 is 10.6 Å². The predicted molar refractivity (Wildman–Crippen MR) is 66.6 cm³/mol. The van der Waals surface area contributed by atoms with E-state index < -0.39 is 0 Å². The Balaban J connectivity index is 1.47. The molecule has 0 aliphatic carbocycles. The summed E-state index contributed by atoms with van der Waals surface area (Å²) in [4.78, 5) is 0. The van der Waals surface area contributed by atoms with Crippen molar-refractivity contribution in [2.45, 2.75) is 32.1 Å². The zero-order chi connectivity index (χ0) is 11.1. The standard InChI is InChI=1S/C13H26N2O/c1-2-13(10-14-6-1)11-15-7-3-12-4-8-16-9-5-12/h12-15H,1-11H2. The molecule has 0 bridgehead atoms. The Bertz CT molecular complexity index is 155. The van der Waals surface area contributed by atoms with Crippen molar-refractivity contribution in [1.82, 2.24) is 10.6 Å². The Hall–Kier alpha value is -0.120. The molecule has 2 saturated heterocycles. The number of hydrogen-bond donors (Lipinski definition) is 2. The molecule has 2 fully saturated rings. The molecule has 0 amide bonds. The Morgan fingerprint density at radius 3 is 2.75 bits per heavy atom. The van der Waals surface area contributed by atoms with Crippen LogP contribution in [0.25, 0.3) is 0 Å². The average molecular weight is 226 g/mol. The van der Waals surface area contributed by atoms with Gasteiger partial charge in [0.2, 0.25) is 0 Å². The fraction of sp³-hybridized carbons (Fsp3) is 1.00. The van der Waals surface area contributed by atoms with Gasteiger partial charge in [-0.1, -0.05) is 0 Å². The second kappa shape index (κ2) is 7.25. The van der Waals surface area contributed by atoms with Crippen molar-refractivity contribution in [1.29, 1.82) is 0 Å². The fourth-order valence-corrected chi connectivity index (χ4v) is 2.75. The van der Waals surface area contributed by atoms with E-state index in [0.717, 1.165) is 25.0 Å². The monoisotopic (exact) mass is 226 g/mol. The summed E-state index contributed by atoms with van der Waals surface area (Å²) < 4.78 is 5.37. The molecule has 0 aromatic heterocycles. The van der Waals surface area contributed by atoms with Gasteiger partial charge < -0.3 is 15.4 Å². The lowest BCUT2D eigenvalue weighted by molar-refractivity contribution is 0.0639. The Kier molecular flexibility index (Phi) is 5.59. The predicted octanol–water partition coefficient (Wildman–Crippen LogP) is 1.39. The minimum Gasteiger partial charge on any atom is -0.381 e. The zero-order valence-corrected chi connectivity index (χ0v) is 10.3. The van der Waals surface area contributed by atoms with Gasteiger partial charge in [0.15, 0.2) is 0 Å². The van der Waals surface area contributed by atoms with Gasteiger partial charge in [0.05, 0.1) is 0 Å². The van der Waals surface area contributed by atoms with E-state index in [4.69, 9.17) is 4.74 Å². The molecule has 0 aromatic carbocycles. The van der Waals surface area contributed by atoms with Crippen molar-refractivity contribution in [3.05, 3.63) is 0 Å². The van der Waals surface area contributed by atoms with Gasteiger partial charge in [0.1, 0.15) is 0 Å². The molecular weight excluding hydrogens is 200 g/mol. The number of rotatable bonds is 5. The molecule has 1 unspecified atom stereocenters. The summed E-state index contributed by atoms with van der Waals surface area (Å²) >= 11 is 0. The summed E-state index contributed by atoms with van der Waals surface area (Å²) in [6.45, 7) is 6.80. The van der Waals surface area contributed by atoms with E-state index in [-0.39, 0.29) is 0 Å². The quantitative estimate of drug-likeness (QED) is 0.695. The van der Waals surface area contributed by atoms with E-state index in [9.17, 15) is 0 Å². The van der Waals surface area contributed by atoms with Crippen molar-refractivity contribution in [2.24, 2.45) is 11.8 Å². The molecule has 2 aliphatic heterocycles. The third-order valence-electron chi connectivity index (χ3n) is 3.90. The number of hydrogen-bond acceptors (Lipinski definition) is 3. The van der Waals surface area contributed by atoms with Gasteiger partial charge in [-0.2, -0.15) is 0 Å². The van der Waals surface area contributed by atoms with E-state index in [1.807, 2.05) is 0 Å². The largest absolute Gasteiger partial charge is 0.381 e. The van der Waals surface area contributed by atoms with Crippen LogP contribution in [0.1, 0.15) is 32.1 Å². The van der Waals surface area contributed by atoms with Crippen molar-refractivity contribution >= 4 is 0 Å². The molecule has 0 radical (unpaired) electrons. The van der Waals surface area contributed by atoms with E-state index in [0.29, 0.717) is 0 Å². The van der Waals surface area contributed by atoms with Gasteiger partial charge in [-0.3, -0.25) is 0 Å². The van der Waals surface area contributed by atoms with Gasteiger partial charge in [-0.25, -0.2) is 0 Å². The van der Waals surface area contributed by atoms with Gasteiger partial charge in [0.25, 0.3) is 0 Å². The number of ether oxygens (including phenoxy) is 1. The second-order valence-corrected chi connectivity index (χ2v) is 5.26. The van der Waals surface area contributed by atoms with E-state index in [2.05, 4.69) is 10.6 Å². The molecule has 0 aromatic rings. The second-order valence-electron chi connectivity index (χ2n) is 5.26. The molecule has 3 nitrogen and oxygen atoms in total. The molecule has 3 heteroatoms. The van der Waals surface area contributed by atoms with Crippen LogP contribution >= 0.6 is 0 Å². The maximum atomic E-state index is 5.37. The summed E-state index contributed by atoms with van der Waals surface area (Å²) in [5, 5.41) is 7.09. The third kappa shape index (κ3) is 4.40. The molecule has 94 valence electrons. The van der Waals surface area contributed by atoms with Crippen molar-refractivity contribution < 1.29 is 4.74 Å². The first kappa shape index (κ1) is 12.3. The highest BCUT2D eigenvalue weighted by Gasteiger charge is 2.14. The highest BCUT2D eigenvalue weighted by Crippen LogP contribution is 2.17. The molecule has 0 spiro atoms. The first-order valence-electron chi connectivity index (χ1n) is 6.94. The molecule has 2 aliphatic rings. The summed E-state index contributed by atoms with van der Waals surface area (Å²) in [6.07, 6.45) is 6.63. The average Bonchev–Trinajstić information content (AvgIpc) is 2.37. The van der Waals surface area contributed by atoms with Gasteiger partial charge >= 0.3 is 0 Å². The van der Waals surface area contributed by atoms with Gasteiger partial charge in [-0.05, 0) is 70.1 Å². The lowest BCUT2D eigenvalue weighted by Gasteiger charge is -2.24. The maximum Gasteiger partial charge on any atom is 0.0468 e. The van der Waals surface area contributed by atoms with Crippen LogP contribution in [-0.2, 0) is 4.74 Å². The van der Waals surface area contributed by atoms with Crippen LogP contribution in [0.2, 0.25) is 0 Å². The van der Waals surface area contributed by atoms with Crippen LogP contribution in [0.5, 0.6) is 0 Å². The molecular formula is C13H26N2O. The Morgan fingerprint density at radius 1 is 1.12 bits per heavy atom. The number of nitrogens with one attached hydrogen (secondary N) is 2. The van der Waals surface area contributed by atoms with Crippen LogP contribution in [0, 0.1) is 11.8 Å². The summed E-state index contributed by atoms with van der Waals surface area (Å²) in [5.41, 5.74) is 0. The Morgan fingerprint density at radius 2 is 2.00 bits per heavy atom. The van der Waals surface area contributed by atoms with E-state index in [1.54, 1.807) is 0 Å². The molecule has 1 atom stereocenters. The Labute approximate surface area is 99.3 Å². The fourth-order valence-electron chi connectivity index (χ4n) is 2.75. The highest BCUT2D eigenvalue weighted by molar-refractivity contribution is 4.71. The SMILES string of the molecule is C1CNCC(CNCCC2CCOCC2)C1. The molecule has 2 heterocycles. The smallest absolute Gasteiger partial charge is 0.0468 e. The van der Waals surface area contributed by atoms with Gasteiger partial charge in [0, 0.05) is 13.2 Å². The lowest BCUT2D eigenvalue weighted by atomic mass is 9.96. The van der Waals surface area contributed by atoms with Crippen molar-refractivity contribution in [3.63, 3.8) is 0 Å². The van der Waals surface area contributed by atoms with Crippen molar-refractivity contribution in [2.75, 3.05) is 39.4 Å². The molecule has 2 N–H and O–H groups in total. The first-order chi connectivity index (χ1) is 7.95. The number of piperidine rings is 1. The van der Waals surface area contributed by atoms with Crippen LogP contribution in [0.15, 0.2) is 0 Å². The summed E-state index contributed by atoms with van der Waals surface area (Å²) in [6, 6.07) is 0. The van der Waals surface area contributed by atoms with Gasteiger partial charge in [-0.15, -0.1) is 0 Å². The van der Waals surface area contributed by atoms with Crippen molar-refractivity contribution in [3.8, 4) is 0 Å². The zero-order valence-electron chi connectivity index (χ0n) is 10.3. The molecule has 0 saturated carbocycles. The summed E-state index contributed by atoms with van der Waals surface area (Å²) in [7, 11) is 0. The normalized spacial score (nSPS) is 28.1. The van der Waals surface area contributed by atoms with Crippen LogP contribution in [0.4, 0.5) is 0 Å². The van der Waals surface area contributed by atoms with Crippen LogP contribution in [-0.4, -0.2) is 39.4 Å². The molecule has 16 heavy (non-hydrogen) atoms. The minimum atomic E-state index is 0.864. The van der Waals surface area contributed by atoms with Crippen LogP contribution in [0.3, 0.4) is 0 Å². The summed E-state index contributed by atoms with van der Waals surface area (Å²) in [5.74, 6) is 1.77. The highest BCUT2D eigenvalue weighted by atomic mass is 16.5.